The summed E-state index contributed by atoms with van der Waals surface area (Å²) in [6.07, 6.45) is -2.99. The number of nitrogens with zero attached hydrogens (tertiary/aromatic N) is 4. The smallest absolute Gasteiger partial charge is 0.222 e. The summed E-state index contributed by atoms with van der Waals surface area (Å²) in [5.74, 6) is 0. The number of rotatable bonds is 4. The molecule has 1 aromatic carbocycles. The van der Waals surface area contributed by atoms with Gasteiger partial charge in [-0.3, -0.25) is 4.57 Å². The number of aliphatic hydroxyl groups is 3. The van der Waals surface area contributed by atoms with Gasteiger partial charge in [-0.05, 0) is 17.7 Å². The highest BCUT2D eigenvalue weighted by Gasteiger charge is 2.47. The van der Waals surface area contributed by atoms with Gasteiger partial charge in [-0.15, -0.1) is 0 Å². The number of imidazole rings is 1. The Morgan fingerprint density at radius 1 is 1.25 bits per heavy atom. The molecule has 0 amide bonds. The number of aromatic nitrogens is 4. The fourth-order valence-corrected chi connectivity index (χ4v) is 3.38. The van der Waals surface area contributed by atoms with Gasteiger partial charge in [0.05, 0.1) is 12.7 Å². The third kappa shape index (κ3) is 3.15. The topological polar surface area (TPSA) is 138 Å². The zero-order chi connectivity index (χ0) is 19.8. The molecule has 1 saturated heterocycles. The molecule has 0 radical (unpaired) electrons. The van der Waals surface area contributed by atoms with Gasteiger partial charge in [-0.2, -0.15) is 0 Å². The predicted octanol–water partition coefficient (Wildman–Crippen LogP) is 0.228. The molecule has 1 aliphatic heterocycles. The summed E-state index contributed by atoms with van der Waals surface area (Å²) < 4.78 is 7.33. The van der Waals surface area contributed by atoms with Gasteiger partial charge in [-0.25, -0.2) is 9.97 Å². The van der Waals surface area contributed by atoms with Crippen LogP contribution in [-0.4, -0.2) is 60.3 Å². The van der Waals surface area contributed by atoms with E-state index in [0.717, 1.165) is 0 Å². The highest BCUT2D eigenvalue weighted by atomic mass is 35.5. The SMILES string of the molecule is CON=c1nc[nH]c2c1ncn2[C@@H]1O[C@H](C(O)c2ccc(Cl)cc2)[C@@H](O)[C@H]1O. The van der Waals surface area contributed by atoms with Gasteiger partial charge in [0.2, 0.25) is 5.49 Å². The number of fused-ring (bicyclic) bond motifs is 1. The van der Waals surface area contributed by atoms with E-state index in [4.69, 9.17) is 21.2 Å². The predicted molar refractivity (Wildman–Crippen MR) is 96.8 cm³/mol. The first-order chi connectivity index (χ1) is 13.5. The largest absolute Gasteiger partial charge is 0.397 e. The number of aliphatic hydroxyl groups excluding tert-OH is 3. The van der Waals surface area contributed by atoms with E-state index in [1.165, 1.54) is 24.3 Å². The number of nitrogens with one attached hydrogen (secondary N) is 1. The Morgan fingerprint density at radius 3 is 2.71 bits per heavy atom. The molecule has 0 aliphatic carbocycles. The molecule has 0 bridgehead atoms. The Bertz CT molecular complexity index is 1040. The molecule has 0 spiro atoms. The van der Waals surface area contributed by atoms with Crippen LogP contribution in [0, 0.1) is 0 Å². The fourth-order valence-electron chi connectivity index (χ4n) is 3.26. The van der Waals surface area contributed by atoms with Crippen molar-refractivity contribution in [3.05, 3.63) is 53.0 Å². The second-order valence-corrected chi connectivity index (χ2v) is 6.75. The number of H-pyrrole nitrogens is 1. The van der Waals surface area contributed by atoms with E-state index in [9.17, 15) is 15.3 Å². The quantitative estimate of drug-likeness (QED) is 0.454. The first-order valence-electron chi connectivity index (χ1n) is 8.44. The molecule has 2 aromatic heterocycles. The molecule has 11 heteroatoms. The van der Waals surface area contributed by atoms with Crippen molar-refractivity contribution in [3.8, 4) is 0 Å². The minimum absolute atomic E-state index is 0.251. The number of ether oxygens (including phenoxy) is 1. The summed E-state index contributed by atoms with van der Waals surface area (Å²) in [5, 5.41) is 35.9. The lowest BCUT2D eigenvalue weighted by Gasteiger charge is -2.21. The fraction of sp³-hybridized carbons (Fsp3) is 0.353. The second kappa shape index (κ2) is 7.49. The van der Waals surface area contributed by atoms with Crippen LogP contribution < -0.4 is 5.49 Å². The molecule has 10 nitrogen and oxygen atoms in total. The molecule has 148 valence electrons. The summed E-state index contributed by atoms with van der Waals surface area (Å²) in [6.45, 7) is 0. The number of aromatic amines is 1. The van der Waals surface area contributed by atoms with Gasteiger partial charge < -0.3 is 29.9 Å². The van der Waals surface area contributed by atoms with Gasteiger partial charge in [0, 0.05) is 5.02 Å². The zero-order valence-corrected chi connectivity index (χ0v) is 15.4. The number of halogens is 1. The lowest BCUT2D eigenvalue weighted by atomic mass is 9.99. The van der Waals surface area contributed by atoms with Gasteiger partial charge in [0.15, 0.2) is 11.7 Å². The van der Waals surface area contributed by atoms with Crippen LogP contribution in [0.2, 0.25) is 5.02 Å². The number of benzene rings is 1. The minimum atomic E-state index is -1.32. The molecular weight excluding hydrogens is 390 g/mol. The maximum atomic E-state index is 10.6. The third-order valence-corrected chi connectivity index (χ3v) is 4.90. The van der Waals surface area contributed by atoms with Crippen LogP contribution in [0.5, 0.6) is 0 Å². The van der Waals surface area contributed by atoms with Gasteiger partial charge in [0.25, 0.3) is 0 Å². The van der Waals surface area contributed by atoms with E-state index in [1.54, 1.807) is 24.3 Å². The molecule has 5 atom stereocenters. The van der Waals surface area contributed by atoms with Crippen molar-refractivity contribution < 1.29 is 24.9 Å². The normalized spacial score (nSPS) is 26.7. The summed E-state index contributed by atoms with van der Waals surface area (Å²) >= 11 is 5.87. The van der Waals surface area contributed by atoms with E-state index in [-0.39, 0.29) is 5.49 Å². The molecule has 28 heavy (non-hydrogen) atoms. The lowest BCUT2D eigenvalue weighted by Crippen LogP contribution is -2.34. The summed E-state index contributed by atoms with van der Waals surface area (Å²) in [6, 6.07) is 6.52. The first-order valence-corrected chi connectivity index (χ1v) is 8.81. The van der Waals surface area contributed by atoms with Crippen LogP contribution in [0.1, 0.15) is 17.9 Å². The molecule has 3 heterocycles. The summed E-state index contributed by atoms with van der Waals surface area (Å²) in [5.41, 5.74) is 1.62. The van der Waals surface area contributed by atoms with E-state index in [1.807, 2.05) is 0 Å². The van der Waals surface area contributed by atoms with E-state index >= 15 is 0 Å². The van der Waals surface area contributed by atoms with Crippen LogP contribution >= 0.6 is 11.6 Å². The van der Waals surface area contributed by atoms with Crippen LogP contribution in [0.15, 0.2) is 42.1 Å². The molecule has 0 saturated carbocycles. The third-order valence-electron chi connectivity index (χ3n) is 4.64. The minimum Gasteiger partial charge on any atom is -0.397 e. The van der Waals surface area contributed by atoms with Crippen molar-refractivity contribution in [2.24, 2.45) is 5.16 Å². The first kappa shape index (κ1) is 18.8. The number of hydrogen-bond acceptors (Lipinski definition) is 8. The molecule has 4 rings (SSSR count). The van der Waals surface area contributed by atoms with Crippen molar-refractivity contribution in [3.63, 3.8) is 0 Å². The van der Waals surface area contributed by atoms with Crippen molar-refractivity contribution in [2.45, 2.75) is 30.6 Å². The van der Waals surface area contributed by atoms with Crippen LogP contribution in [0.3, 0.4) is 0 Å². The Balaban J connectivity index is 1.67. The Hall–Kier alpha value is -2.50. The summed E-state index contributed by atoms with van der Waals surface area (Å²) in [7, 11) is 1.39. The highest BCUT2D eigenvalue weighted by Crippen LogP contribution is 2.37. The lowest BCUT2D eigenvalue weighted by molar-refractivity contribution is -0.0849. The molecular formula is C17H18ClN5O5. The van der Waals surface area contributed by atoms with Crippen molar-refractivity contribution in [1.82, 2.24) is 19.5 Å². The van der Waals surface area contributed by atoms with Crippen molar-refractivity contribution >= 4 is 22.8 Å². The molecule has 1 aliphatic rings. The van der Waals surface area contributed by atoms with Crippen LogP contribution in [-0.2, 0) is 9.57 Å². The van der Waals surface area contributed by atoms with Crippen molar-refractivity contribution in [1.29, 1.82) is 0 Å². The number of hydrogen-bond donors (Lipinski definition) is 4. The zero-order valence-electron chi connectivity index (χ0n) is 14.7. The Morgan fingerprint density at radius 2 is 2.00 bits per heavy atom. The van der Waals surface area contributed by atoms with E-state index < -0.39 is 30.6 Å². The van der Waals surface area contributed by atoms with Crippen molar-refractivity contribution in [2.75, 3.05) is 7.11 Å². The molecule has 3 aromatic rings. The van der Waals surface area contributed by atoms with Gasteiger partial charge in [-0.1, -0.05) is 28.9 Å². The van der Waals surface area contributed by atoms with Crippen LogP contribution in [0.4, 0.5) is 0 Å². The summed E-state index contributed by atoms with van der Waals surface area (Å²) in [4.78, 5) is 15.9. The Labute approximate surface area is 163 Å². The highest BCUT2D eigenvalue weighted by molar-refractivity contribution is 6.30. The maximum Gasteiger partial charge on any atom is 0.222 e. The van der Waals surface area contributed by atoms with Gasteiger partial charge >= 0.3 is 0 Å². The second-order valence-electron chi connectivity index (χ2n) is 6.32. The average molecular weight is 408 g/mol. The van der Waals surface area contributed by atoms with E-state index in [0.29, 0.717) is 21.7 Å². The Kier molecular flexibility index (Phi) is 5.04. The van der Waals surface area contributed by atoms with E-state index in [2.05, 4.69) is 20.1 Å². The molecule has 1 unspecified atom stereocenters. The average Bonchev–Trinajstić information content (AvgIpc) is 3.25. The monoisotopic (exact) mass is 407 g/mol. The maximum absolute atomic E-state index is 10.6. The molecule has 4 N–H and O–H groups in total. The van der Waals surface area contributed by atoms with Crippen LogP contribution in [0.25, 0.3) is 11.2 Å². The van der Waals surface area contributed by atoms with Gasteiger partial charge in [0.1, 0.15) is 37.2 Å². The standard InChI is InChI=1S/C17H18ClN5O5/c1-27-22-15-10-16(20-6-19-15)23(7-21-10)17-13(26)12(25)14(28-17)11(24)8-2-4-9(18)5-3-8/h2-7,11-14,17,24-26H,1H3,(H,19,20,22)/t11?,12-,13+,14+,17+/m0/s1. The molecule has 1 fully saturated rings.